The summed E-state index contributed by atoms with van der Waals surface area (Å²) in [4.78, 5) is 2.71. The van der Waals surface area contributed by atoms with Crippen LogP contribution in [0.5, 0.6) is 0 Å². The molecule has 19 heavy (non-hydrogen) atoms. The molecule has 0 aromatic heterocycles. The molecule has 1 aromatic carbocycles. The zero-order valence-electron chi connectivity index (χ0n) is 12.5. The third kappa shape index (κ3) is 2.44. The average molecular weight is 258 g/mol. The molecule has 0 saturated carbocycles. The first-order valence-electron chi connectivity index (χ1n) is 7.71. The van der Waals surface area contributed by atoms with Crippen molar-refractivity contribution in [1.82, 2.24) is 10.2 Å². The van der Waals surface area contributed by atoms with Crippen LogP contribution in [0.4, 0.5) is 0 Å². The van der Waals surface area contributed by atoms with Gasteiger partial charge in [-0.2, -0.15) is 0 Å². The Morgan fingerprint density at radius 3 is 2.84 bits per heavy atom. The predicted octanol–water partition coefficient (Wildman–Crippen LogP) is 2.94. The minimum absolute atomic E-state index is 0.658. The van der Waals surface area contributed by atoms with Crippen molar-refractivity contribution in [2.75, 3.05) is 13.1 Å². The standard InChI is InChI=1S/C17H26N2/c1-12-6-7-15(14(3)13(12)2)11-16-8-9-18-17-5-4-10-19(16)17/h6-7,16-18H,4-5,8-11H2,1-3H3. The fourth-order valence-corrected chi connectivity index (χ4v) is 3.73. The molecule has 104 valence electrons. The fourth-order valence-electron chi connectivity index (χ4n) is 3.73. The van der Waals surface area contributed by atoms with Crippen LogP contribution in [0.1, 0.15) is 41.5 Å². The van der Waals surface area contributed by atoms with Crippen molar-refractivity contribution < 1.29 is 0 Å². The van der Waals surface area contributed by atoms with Crippen molar-refractivity contribution in [2.45, 2.75) is 58.7 Å². The van der Waals surface area contributed by atoms with Crippen LogP contribution in [0.25, 0.3) is 0 Å². The summed E-state index contributed by atoms with van der Waals surface area (Å²) in [5.41, 5.74) is 5.96. The number of aryl methyl sites for hydroxylation is 1. The smallest absolute Gasteiger partial charge is 0.0600 e. The Labute approximate surface area is 117 Å². The van der Waals surface area contributed by atoms with Crippen molar-refractivity contribution >= 4 is 0 Å². The Bertz CT molecular complexity index is 467. The summed E-state index contributed by atoms with van der Waals surface area (Å²) >= 11 is 0. The van der Waals surface area contributed by atoms with Crippen LogP contribution in [0.2, 0.25) is 0 Å². The third-order valence-corrected chi connectivity index (χ3v) is 5.25. The van der Waals surface area contributed by atoms with E-state index >= 15 is 0 Å². The Balaban J connectivity index is 1.79. The first kappa shape index (κ1) is 13.1. The largest absolute Gasteiger partial charge is 0.302 e. The lowest BCUT2D eigenvalue weighted by Crippen LogP contribution is -2.53. The number of nitrogens with one attached hydrogen (secondary N) is 1. The summed E-state index contributed by atoms with van der Waals surface area (Å²) in [5, 5.41) is 3.66. The van der Waals surface area contributed by atoms with Crippen molar-refractivity contribution in [2.24, 2.45) is 0 Å². The number of hydrogen-bond acceptors (Lipinski definition) is 2. The maximum Gasteiger partial charge on any atom is 0.0600 e. The van der Waals surface area contributed by atoms with Gasteiger partial charge in [-0.1, -0.05) is 12.1 Å². The quantitative estimate of drug-likeness (QED) is 0.877. The molecule has 3 rings (SSSR count). The molecule has 1 N–H and O–H groups in total. The van der Waals surface area contributed by atoms with Crippen molar-refractivity contribution in [1.29, 1.82) is 0 Å². The Hall–Kier alpha value is -0.860. The summed E-state index contributed by atoms with van der Waals surface area (Å²) in [6, 6.07) is 5.39. The molecular formula is C17H26N2. The highest BCUT2D eigenvalue weighted by Gasteiger charge is 2.33. The van der Waals surface area contributed by atoms with E-state index in [2.05, 4.69) is 43.1 Å². The van der Waals surface area contributed by atoms with E-state index in [1.54, 1.807) is 5.56 Å². The Morgan fingerprint density at radius 1 is 1.16 bits per heavy atom. The molecule has 2 heteroatoms. The van der Waals surface area contributed by atoms with Crippen LogP contribution >= 0.6 is 0 Å². The minimum atomic E-state index is 0.658. The van der Waals surface area contributed by atoms with Crippen molar-refractivity contribution in [3.8, 4) is 0 Å². The topological polar surface area (TPSA) is 15.3 Å². The molecule has 2 saturated heterocycles. The lowest BCUT2D eigenvalue weighted by atomic mass is 9.92. The van der Waals surface area contributed by atoms with Crippen LogP contribution in [-0.4, -0.2) is 30.2 Å². The van der Waals surface area contributed by atoms with Gasteiger partial charge in [0.1, 0.15) is 0 Å². The van der Waals surface area contributed by atoms with E-state index in [-0.39, 0.29) is 0 Å². The van der Waals surface area contributed by atoms with E-state index in [0.29, 0.717) is 6.17 Å². The molecule has 2 aliphatic heterocycles. The highest BCUT2D eigenvalue weighted by atomic mass is 15.3. The molecule has 1 aromatic rings. The van der Waals surface area contributed by atoms with Gasteiger partial charge in [0.15, 0.2) is 0 Å². The van der Waals surface area contributed by atoms with Gasteiger partial charge in [0, 0.05) is 12.6 Å². The SMILES string of the molecule is Cc1ccc(CC2CCNC3CCCN23)c(C)c1C. The van der Waals surface area contributed by atoms with Gasteiger partial charge < -0.3 is 5.32 Å². The third-order valence-electron chi connectivity index (χ3n) is 5.25. The van der Waals surface area contributed by atoms with Crippen LogP contribution < -0.4 is 5.32 Å². The van der Waals surface area contributed by atoms with Gasteiger partial charge in [0.2, 0.25) is 0 Å². The summed E-state index contributed by atoms with van der Waals surface area (Å²) < 4.78 is 0. The highest BCUT2D eigenvalue weighted by molar-refractivity contribution is 5.39. The number of benzene rings is 1. The zero-order chi connectivity index (χ0) is 13.4. The first-order chi connectivity index (χ1) is 9.16. The first-order valence-corrected chi connectivity index (χ1v) is 7.71. The molecule has 0 radical (unpaired) electrons. The molecule has 0 aliphatic carbocycles. The molecule has 2 fully saturated rings. The predicted molar refractivity (Wildman–Crippen MR) is 80.5 cm³/mol. The van der Waals surface area contributed by atoms with Crippen LogP contribution in [0, 0.1) is 20.8 Å². The summed E-state index contributed by atoms with van der Waals surface area (Å²) in [7, 11) is 0. The monoisotopic (exact) mass is 258 g/mol. The molecule has 0 spiro atoms. The van der Waals surface area contributed by atoms with E-state index in [1.165, 1.54) is 55.5 Å². The summed E-state index contributed by atoms with van der Waals surface area (Å²) in [5.74, 6) is 0. The van der Waals surface area contributed by atoms with Crippen LogP contribution in [0.15, 0.2) is 12.1 Å². The molecule has 2 unspecified atom stereocenters. The average Bonchev–Trinajstić information content (AvgIpc) is 2.89. The molecule has 2 heterocycles. The highest BCUT2D eigenvalue weighted by Crippen LogP contribution is 2.27. The molecule has 0 amide bonds. The number of fused-ring (bicyclic) bond motifs is 1. The number of hydrogen-bond donors (Lipinski definition) is 1. The van der Waals surface area contributed by atoms with E-state index in [0.717, 1.165) is 6.04 Å². The molecule has 0 bridgehead atoms. The van der Waals surface area contributed by atoms with Gasteiger partial charge in [-0.3, -0.25) is 4.90 Å². The van der Waals surface area contributed by atoms with E-state index in [4.69, 9.17) is 0 Å². The minimum Gasteiger partial charge on any atom is -0.302 e. The Kier molecular flexibility index (Phi) is 3.64. The van der Waals surface area contributed by atoms with Crippen molar-refractivity contribution in [3.05, 3.63) is 34.4 Å². The molecule has 2 atom stereocenters. The zero-order valence-corrected chi connectivity index (χ0v) is 12.5. The van der Waals surface area contributed by atoms with Gasteiger partial charge >= 0.3 is 0 Å². The van der Waals surface area contributed by atoms with Gasteiger partial charge in [0.05, 0.1) is 6.17 Å². The van der Waals surface area contributed by atoms with Crippen molar-refractivity contribution in [3.63, 3.8) is 0 Å². The van der Waals surface area contributed by atoms with Crippen LogP contribution in [0.3, 0.4) is 0 Å². The Morgan fingerprint density at radius 2 is 2.00 bits per heavy atom. The molecule has 2 nitrogen and oxygen atoms in total. The van der Waals surface area contributed by atoms with Gasteiger partial charge in [0.25, 0.3) is 0 Å². The lowest BCUT2D eigenvalue weighted by Gasteiger charge is -2.38. The fraction of sp³-hybridized carbons (Fsp3) is 0.647. The maximum absolute atomic E-state index is 3.66. The second-order valence-corrected chi connectivity index (χ2v) is 6.29. The van der Waals surface area contributed by atoms with Crippen LogP contribution in [-0.2, 0) is 6.42 Å². The summed E-state index contributed by atoms with van der Waals surface area (Å²) in [6.07, 6.45) is 5.88. The lowest BCUT2D eigenvalue weighted by molar-refractivity contribution is 0.109. The van der Waals surface area contributed by atoms with Gasteiger partial charge in [-0.25, -0.2) is 0 Å². The second kappa shape index (κ2) is 5.26. The van der Waals surface area contributed by atoms with E-state index in [9.17, 15) is 0 Å². The summed E-state index contributed by atoms with van der Waals surface area (Å²) in [6.45, 7) is 9.24. The van der Waals surface area contributed by atoms with Gasteiger partial charge in [-0.15, -0.1) is 0 Å². The molecule has 2 aliphatic rings. The van der Waals surface area contributed by atoms with E-state index < -0.39 is 0 Å². The second-order valence-electron chi connectivity index (χ2n) is 6.29. The maximum atomic E-state index is 3.66. The number of nitrogens with zero attached hydrogens (tertiary/aromatic N) is 1. The van der Waals surface area contributed by atoms with Gasteiger partial charge in [-0.05, 0) is 75.3 Å². The van der Waals surface area contributed by atoms with E-state index in [1.807, 2.05) is 0 Å². The normalized spacial score (nSPS) is 27.5. The number of rotatable bonds is 2. The molecular weight excluding hydrogens is 232 g/mol.